The van der Waals surface area contributed by atoms with Gasteiger partial charge in [0, 0.05) is 29.7 Å². The minimum atomic E-state index is 0.0953. The number of nitrogens with zero attached hydrogens (tertiary/aromatic N) is 2. The Kier molecular flexibility index (Phi) is 4.42. The highest BCUT2D eigenvalue weighted by Crippen LogP contribution is 2.29. The van der Waals surface area contributed by atoms with Crippen LogP contribution < -0.4 is 10.6 Å². The summed E-state index contributed by atoms with van der Waals surface area (Å²) in [6.45, 7) is 3.52. The van der Waals surface area contributed by atoms with Gasteiger partial charge in [-0.25, -0.2) is 0 Å². The van der Waals surface area contributed by atoms with E-state index in [1.54, 1.807) is 0 Å². The third-order valence-corrected chi connectivity index (χ3v) is 3.38. The number of anilines is 1. The Labute approximate surface area is 117 Å². The number of oxime groups is 1. The van der Waals surface area contributed by atoms with E-state index in [1.165, 1.54) is 0 Å². The van der Waals surface area contributed by atoms with Crippen molar-refractivity contribution in [2.45, 2.75) is 6.92 Å². The molecule has 0 radical (unpaired) electrons. The highest BCUT2D eigenvalue weighted by atomic mass is 16.4. The lowest BCUT2D eigenvalue weighted by molar-refractivity contribution is 0.302. The van der Waals surface area contributed by atoms with Gasteiger partial charge >= 0.3 is 0 Å². The van der Waals surface area contributed by atoms with Crippen molar-refractivity contribution in [3.05, 3.63) is 42.0 Å². The molecule has 0 saturated carbocycles. The van der Waals surface area contributed by atoms with Crippen LogP contribution >= 0.6 is 0 Å². The van der Waals surface area contributed by atoms with Gasteiger partial charge in [0.2, 0.25) is 0 Å². The van der Waals surface area contributed by atoms with Crippen molar-refractivity contribution < 1.29 is 10.3 Å². The summed E-state index contributed by atoms with van der Waals surface area (Å²) in [5.41, 5.74) is 7.46. The number of likely N-dealkylation sites (N-methyl/N-ethyl adjacent to an activating group) is 1. The SMILES string of the molecule is CCN(CCO)c1ccc(/C(N)=N/O)c2ccccc12. The van der Waals surface area contributed by atoms with Crippen molar-refractivity contribution in [2.75, 3.05) is 24.6 Å². The fourth-order valence-corrected chi connectivity index (χ4v) is 2.41. The maximum absolute atomic E-state index is 9.17. The summed E-state index contributed by atoms with van der Waals surface area (Å²) in [4.78, 5) is 2.10. The molecule has 0 bridgehead atoms. The van der Waals surface area contributed by atoms with Crippen LogP contribution in [0, 0.1) is 0 Å². The number of nitrogens with two attached hydrogens (primary N) is 1. The third-order valence-electron chi connectivity index (χ3n) is 3.38. The zero-order valence-corrected chi connectivity index (χ0v) is 11.5. The van der Waals surface area contributed by atoms with Crippen LogP contribution in [0.1, 0.15) is 12.5 Å². The van der Waals surface area contributed by atoms with Crippen LogP contribution in [0.25, 0.3) is 10.8 Å². The van der Waals surface area contributed by atoms with Crippen LogP contribution in [0.15, 0.2) is 41.6 Å². The van der Waals surface area contributed by atoms with E-state index in [1.807, 2.05) is 43.3 Å². The number of amidine groups is 1. The highest BCUT2D eigenvalue weighted by Gasteiger charge is 2.12. The van der Waals surface area contributed by atoms with Crippen molar-refractivity contribution in [1.29, 1.82) is 0 Å². The van der Waals surface area contributed by atoms with Gasteiger partial charge in [0.1, 0.15) is 0 Å². The Morgan fingerprint density at radius 2 is 1.90 bits per heavy atom. The standard InChI is InChI=1S/C15H19N3O2/c1-2-18(9-10-19)14-8-7-13(15(16)17-20)11-5-3-4-6-12(11)14/h3-8,19-20H,2,9-10H2,1H3,(H2,16,17). The van der Waals surface area contributed by atoms with E-state index in [9.17, 15) is 0 Å². The topological polar surface area (TPSA) is 82.1 Å². The first-order chi connectivity index (χ1) is 9.72. The van der Waals surface area contributed by atoms with E-state index >= 15 is 0 Å². The molecule has 0 aromatic heterocycles. The van der Waals surface area contributed by atoms with E-state index in [2.05, 4.69) is 10.1 Å². The normalized spacial score (nSPS) is 11.8. The fraction of sp³-hybridized carbons (Fsp3) is 0.267. The second-order valence-corrected chi connectivity index (χ2v) is 4.47. The summed E-state index contributed by atoms with van der Waals surface area (Å²) in [5, 5.41) is 23.1. The van der Waals surface area contributed by atoms with Crippen molar-refractivity contribution in [3.8, 4) is 0 Å². The summed E-state index contributed by atoms with van der Waals surface area (Å²) in [6.07, 6.45) is 0. The van der Waals surface area contributed by atoms with Crippen molar-refractivity contribution in [1.82, 2.24) is 0 Å². The quantitative estimate of drug-likeness (QED) is 0.335. The van der Waals surface area contributed by atoms with Gasteiger partial charge in [-0.15, -0.1) is 0 Å². The van der Waals surface area contributed by atoms with Gasteiger partial charge in [-0.05, 0) is 24.4 Å². The fourth-order valence-electron chi connectivity index (χ4n) is 2.41. The molecule has 0 aliphatic carbocycles. The average molecular weight is 273 g/mol. The third kappa shape index (κ3) is 2.53. The number of hydrogen-bond acceptors (Lipinski definition) is 4. The number of aliphatic hydroxyl groups excluding tert-OH is 1. The molecule has 5 heteroatoms. The van der Waals surface area contributed by atoms with E-state index in [-0.39, 0.29) is 12.4 Å². The molecular weight excluding hydrogens is 254 g/mol. The second-order valence-electron chi connectivity index (χ2n) is 4.47. The maximum atomic E-state index is 9.17. The zero-order chi connectivity index (χ0) is 14.5. The summed E-state index contributed by atoms with van der Waals surface area (Å²) in [7, 11) is 0. The number of hydrogen-bond donors (Lipinski definition) is 3. The molecule has 2 aromatic rings. The minimum absolute atomic E-state index is 0.0953. The highest BCUT2D eigenvalue weighted by molar-refractivity contribution is 6.11. The summed E-state index contributed by atoms with van der Waals surface area (Å²) >= 11 is 0. The smallest absolute Gasteiger partial charge is 0.170 e. The first-order valence-corrected chi connectivity index (χ1v) is 6.58. The predicted octanol–water partition coefficient (Wildman–Crippen LogP) is 1.75. The van der Waals surface area contributed by atoms with Crippen LogP contribution in [-0.4, -0.2) is 35.8 Å². The molecule has 2 rings (SSSR count). The molecule has 20 heavy (non-hydrogen) atoms. The molecule has 4 N–H and O–H groups in total. The first kappa shape index (κ1) is 14.1. The molecule has 2 aromatic carbocycles. The molecule has 5 nitrogen and oxygen atoms in total. The van der Waals surface area contributed by atoms with Gasteiger partial charge in [0.15, 0.2) is 5.84 Å². The van der Waals surface area contributed by atoms with Gasteiger partial charge in [-0.1, -0.05) is 29.4 Å². The summed E-state index contributed by atoms with van der Waals surface area (Å²) < 4.78 is 0. The molecule has 106 valence electrons. The van der Waals surface area contributed by atoms with Crippen LogP contribution in [0.2, 0.25) is 0 Å². The number of benzene rings is 2. The van der Waals surface area contributed by atoms with E-state index < -0.39 is 0 Å². The van der Waals surface area contributed by atoms with E-state index in [4.69, 9.17) is 16.0 Å². The Balaban J connectivity index is 2.65. The van der Waals surface area contributed by atoms with Crippen LogP contribution in [0.4, 0.5) is 5.69 Å². The molecule has 0 atom stereocenters. The predicted molar refractivity (Wildman–Crippen MR) is 81.4 cm³/mol. The molecule has 0 unspecified atom stereocenters. The minimum Gasteiger partial charge on any atom is -0.409 e. The van der Waals surface area contributed by atoms with E-state index in [0.29, 0.717) is 12.1 Å². The molecule has 0 spiro atoms. The molecule has 0 fully saturated rings. The van der Waals surface area contributed by atoms with Crippen LogP contribution in [0.5, 0.6) is 0 Å². The van der Waals surface area contributed by atoms with Crippen molar-refractivity contribution in [2.24, 2.45) is 10.9 Å². The second kappa shape index (κ2) is 6.25. The Morgan fingerprint density at radius 3 is 2.50 bits per heavy atom. The lowest BCUT2D eigenvalue weighted by Crippen LogP contribution is -2.26. The molecule has 0 amide bonds. The Bertz CT molecular complexity index is 626. The van der Waals surface area contributed by atoms with Gasteiger partial charge in [0.05, 0.1) is 6.61 Å². The summed E-state index contributed by atoms with van der Waals surface area (Å²) in [6, 6.07) is 11.6. The molecular formula is C15H19N3O2. The van der Waals surface area contributed by atoms with Gasteiger partial charge in [-0.2, -0.15) is 0 Å². The molecule has 0 aliphatic heterocycles. The lowest BCUT2D eigenvalue weighted by Gasteiger charge is -2.24. The number of rotatable bonds is 5. The summed E-state index contributed by atoms with van der Waals surface area (Å²) in [5.74, 6) is 0.0953. The van der Waals surface area contributed by atoms with Gasteiger partial charge in [-0.3, -0.25) is 0 Å². The zero-order valence-electron chi connectivity index (χ0n) is 11.5. The molecule has 0 aliphatic rings. The largest absolute Gasteiger partial charge is 0.409 e. The number of fused-ring (bicyclic) bond motifs is 1. The van der Waals surface area contributed by atoms with E-state index in [0.717, 1.165) is 23.0 Å². The van der Waals surface area contributed by atoms with Gasteiger partial charge in [0.25, 0.3) is 0 Å². The van der Waals surface area contributed by atoms with Crippen molar-refractivity contribution in [3.63, 3.8) is 0 Å². The maximum Gasteiger partial charge on any atom is 0.170 e. The van der Waals surface area contributed by atoms with Crippen molar-refractivity contribution >= 4 is 22.3 Å². The van der Waals surface area contributed by atoms with Crippen LogP contribution in [0.3, 0.4) is 0 Å². The lowest BCUT2D eigenvalue weighted by atomic mass is 10.0. The average Bonchev–Trinajstić information content (AvgIpc) is 2.51. The Hall–Kier alpha value is -2.27. The number of aliphatic hydroxyl groups is 1. The monoisotopic (exact) mass is 273 g/mol. The van der Waals surface area contributed by atoms with Gasteiger partial charge < -0.3 is 20.9 Å². The van der Waals surface area contributed by atoms with Crippen LogP contribution in [-0.2, 0) is 0 Å². The Morgan fingerprint density at radius 1 is 1.20 bits per heavy atom. The first-order valence-electron chi connectivity index (χ1n) is 6.58. The molecule has 0 saturated heterocycles. The molecule has 0 heterocycles.